The normalized spacial score (nSPS) is 22.1. The number of nitrogens with zero attached hydrogens (tertiary/aromatic N) is 4. The fourth-order valence-electron chi connectivity index (χ4n) is 3.41. The van der Waals surface area contributed by atoms with Crippen LogP contribution in [-0.2, 0) is 11.3 Å². The molecule has 0 saturated carbocycles. The quantitative estimate of drug-likeness (QED) is 0.894. The number of amides is 1. The number of nitrogens with one attached hydrogen (secondary N) is 1. The number of carbonyl (C=O) groups excluding carboxylic acids is 1. The van der Waals surface area contributed by atoms with E-state index in [0.717, 1.165) is 38.3 Å². The van der Waals surface area contributed by atoms with Gasteiger partial charge < -0.3 is 10.2 Å². The van der Waals surface area contributed by atoms with Gasteiger partial charge in [0.25, 0.3) is 0 Å². The molecule has 0 radical (unpaired) electrons. The van der Waals surface area contributed by atoms with E-state index in [1.165, 1.54) is 0 Å². The molecule has 0 bridgehead atoms. The predicted molar refractivity (Wildman–Crippen MR) is 75.0 cm³/mol. The lowest BCUT2D eigenvalue weighted by Gasteiger charge is -2.33. The summed E-state index contributed by atoms with van der Waals surface area (Å²) < 4.78 is 1.90. The average molecular weight is 277 g/mol. The summed E-state index contributed by atoms with van der Waals surface area (Å²) in [5.74, 6) is 1.16. The highest BCUT2D eigenvalue weighted by Crippen LogP contribution is 2.39. The van der Waals surface area contributed by atoms with Crippen molar-refractivity contribution in [2.75, 3.05) is 19.6 Å². The summed E-state index contributed by atoms with van der Waals surface area (Å²) >= 11 is 0. The first-order valence-electron chi connectivity index (χ1n) is 7.47. The van der Waals surface area contributed by atoms with E-state index in [0.29, 0.717) is 13.0 Å². The fourth-order valence-corrected chi connectivity index (χ4v) is 3.41. The van der Waals surface area contributed by atoms with E-state index in [9.17, 15) is 4.79 Å². The van der Waals surface area contributed by atoms with Gasteiger partial charge in [-0.2, -0.15) is 5.10 Å². The molecule has 2 aliphatic heterocycles. The Bertz CT molecular complexity index is 490. The molecule has 110 valence electrons. The van der Waals surface area contributed by atoms with E-state index in [1.54, 1.807) is 6.33 Å². The van der Waals surface area contributed by atoms with Crippen molar-refractivity contribution in [1.82, 2.24) is 25.0 Å². The van der Waals surface area contributed by atoms with E-state index in [4.69, 9.17) is 0 Å². The largest absolute Gasteiger partial charge is 0.335 e. The summed E-state index contributed by atoms with van der Waals surface area (Å²) in [6.45, 7) is 7.69. The monoisotopic (exact) mass is 277 g/mol. The van der Waals surface area contributed by atoms with Gasteiger partial charge in [-0.05, 0) is 45.2 Å². The van der Waals surface area contributed by atoms with Gasteiger partial charge in [-0.3, -0.25) is 4.79 Å². The van der Waals surface area contributed by atoms with Gasteiger partial charge >= 0.3 is 0 Å². The maximum atomic E-state index is 12.3. The van der Waals surface area contributed by atoms with Gasteiger partial charge in [-0.1, -0.05) is 0 Å². The molecular weight excluding hydrogens is 254 g/mol. The highest BCUT2D eigenvalue weighted by molar-refractivity contribution is 5.79. The number of likely N-dealkylation sites (tertiary alicyclic amines) is 1. The Morgan fingerprint density at radius 2 is 2.15 bits per heavy atom. The van der Waals surface area contributed by atoms with Gasteiger partial charge in [-0.15, -0.1) is 0 Å². The van der Waals surface area contributed by atoms with E-state index < -0.39 is 0 Å². The van der Waals surface area contributed by atoms with Crippen LogP contribution < -0.4 is 5.32 Å². The summed E-state index contributed by atoms with van der Waals surface area (Å²) in [6, 6.07) is 0.276. The molecule has 1 spiro atoms. The van der Waals surface area contributed by atoms with Crippen LogP contribution in [0.1, 0.15) is 45.0 Å². The first-order valence-corrected chi connectivity index (χ1v) is 7.47. The van der Waals surface area contributed by atoms with Gasteiger partial charge in [0, 0.05) is 19.0 Å². The van der Waals surface area contributed by atoms with Crippen LogP contribution in [-0.4, -0.2) is 45.2 Å². The number of rotatable bonds is 3. The molecule has 2 aliphatic rings. The summed E-state index contributed by atoms with van der Waals surface area (Å²) in [5, 5.41) is 7.62. The standard InChI is InChI=1S/C14H23N5O/c1-11(2)19-12(16-10-17-19)8-18-9-14(7-13(18)20)3-5-15-6-4-14/h10-11,15H,3-9H2,1-2H3. The molecule has 0 aliphatic carbocycles. The summed E-state index contributed by atoms with van der Waals surface area (Å²) in [7, 11) is 0. The van der Waals surface area contributed by atoms with Crippen molar-refractivity contribution in [3.05, 3.63) is 12.2 Å². The fraction of sp³-hybridized carbons (Fsp3) is 0.786. The van der Waals surface area contributed by atoms with Crippen molar-refractivity contribution >= 4 is 5.91 Å². The zero-order chi connectivity index (χ0) is 14.2. The Morgan fingerprint density at radius 3 is 2.85 bits per heavy atom. The van der Waals surface area contributed by atoms with Crippen LogP contribution in [0.4, 0.5) is 0 Å². The molecule has 2 saturated heterocycles. The highest BCUT2D eigenvalue weighted by Gasteiger charge is 2.43. The van der Waals surface area contributed by atoms with Gasteiger partial charge in [0.2, 0.25) is 5.91 Å². The minimum atomic E-state index is 0.199. The summed E-state index contributed by atoms with van der Waals surface area (Å²) in [6.07, 6.45) is 4.49. The Morgan fingerprint density at radius 1 is 1.40 bits per heavy atom. The molecule has 1 N–H and O–H groups in total. The summed E-state index contributed by atoms with van der Waals surface area (Å²) in [4.78, 5) is 18.6. The van der Waals surface area contributed by atoms with Gasteiger partial charge in [0.1, 0.15) is 12.2 Å². The SMILES string of the molecule is CC(C)n1ncnc1CN1CC2(CCNCC2)CC1=O. The zero-order valence-corrected chi connectivity index (χ0v) is 12.3. The maximum Gasteiger partial charge on any atom is 0.223 e. The predicted octanol–water partition coefficient (Wildman–Crippen LogP) is 0.961. The molecule has 1 aromatic rings. The third-order valence-electron chi connectivity index (χ3n) is 4.54. The van der Waals surface area contributed by atoms with Crippen LogP contribution in [0.25, 0.3) is 0 Å². The van der Waals surface area contributed by atoms with Crippen molar-refractivity contribution in [2.45, 2.75) is 45.7 Å². The smallest absolute Gasteiger partial charge is 0.223 e. The van der Waals surface area contributed by atoms with Crippen LogP contribution >= 0.6 is 0 Å². The van der Waals surface area contributed by atoms with Crippen LogP contribution in [0.5, 0.6) is 0 Å². The van der Waals surface area contributed by atoms with Crippen molar-refractivity contribution in [3.8, 4) is 0 Å². The average Bonchev–Trinajstić information content (AvgIpc) is 2.97. The highest BCUT2D eigenvalue weighted by atomic mass is 16.2. The molecule has 2 fully saturated rings. The lowest BCUT2D eigenvalue weighted by atomic mass is 9.78. The Hall–Kier alpha value is -1.43. The molecule has 3 heterocycles. The second-order valence-electron chi connectivity index (χ2n) is 6.39. The Kier molecular flexibility index (Phi) is 3.50. The van der Waals surface area contributed by atoms with Crippen LogP contribution in [0.15, 0.2) is 6.33 Å². The third-order valence-corrected chi connectivity index (χ3v) is 4.54. The van der Waals surface area contributed by atoms with Gasteiger partial charge in [0.05, 0.1) is 6.54 Å². The molecule has 6 nitrogen and oxygen atoms in total. The first-order chi connectivity index (χ1) is 9.60. The molecule has 1 amide bonds. The van der Waals surface area contributed by atoms with E-state index in [-0.39, 0.29) is 17.4 Å². The first kappa shape index (κ1) is 13.5. The molecule has 6 heteroatoms. The minimum absolute atomic E-state index is 0.199. The molecule has 3 rings (SSSR count). The molecule has 20 heavy (non-hydrogen) atoms. The Labute approximate surface area is 119 Å². The molecule has 0 aromatic carbocycles. The second kappa shape index (κ2) is 5.16. The van der Waals surface area contributed by atoms with Crippen LogP contribution in [0, 0.1) is 5.41 Å². The number of aromatic nitrogens is 3. The van der Waals surface area contributed by atoms with Crippen molar-refractivity contribution in [1.29, 1.82) is 0 Å². The second-order valence-corrected chi connectivity index (χ2v) is 6.39. The van der Waals surface area contributed by atoms with Crippen molar-refractivity contribution in [2.24, 2.45) is 5.41 Å². The zero-order valence-electron chi connectivity index (χ0n) is 12.3. The van der Waals surface area contributed by atoms with Crippen LogP contribution in [0.2, 0.25) is 0 Å². The van der Waals surface area contributed by atoms with Gasteiger partial charge in [0.15, 0.2) is 0 Å². The lowest BCUT2D eigenvalue weighted by molar-refractivity contribution is -0.128. The topological polar surface area (TPSA) is 63.1 Å². The van der Waals surface area contributed by atoms with E-state index in [2.05, 4.69) is 29.2 Å². The Balaban J connectivity index is 1.72. The lowest BCUT2D eigenvalue weighted by Crippen LogP contribution is -2.38. The molecular formula is C14H23N5O. The van der Waals surface area contributed by atoms with Crippen LogP contribution in [0.3, 0.4) is 0 Å². The number of piperidine rings is 1. The molecule has 1 aromatic heterocycles. The van der Waals surface area contributed by atoms with Gasteiger partial charge in [-0.25, -0.2) is 9.67 Å². The number of carbonyl (C=O) groups is 1. The maximum absolute atomic E-state index is 12.3. The summed E-state index contributed by atoms with van der Waals surface area (Å²) in [5.41, 5.74) is 0.199. The van der Waals surface area contributed by atoms with E-state index in [1.807, 2.05) is 9.58 Å². The number of hydrogen-bond acceptors (Lipinski definition) is 4. The molecule has 0 atom stereocenters. The third kappa shape index (κ3) is 2.44. The minimum Gasteiger partial charge on any atom is -0.335 e. The number of hydrogen-bond donors (Lipinski definition) is 1. The molecule has 0 unspecified atom stereocenters. The van der Waals surface area contributed by atoms with E-state index >= 15 is 0 Å². The van der Waals surface area contributed by atoms with Crippen molar-refractivity contribution in [3.63, 3.8) is 0 Å². The van der Waals surface area contributed by atoms with Crippen molar-refractivity contribution < 1.29 is 4.79 Å².